The van der Waals surface area contributed by atoms with Crippen LogP contribution in [0.1, 0.15) is 24.2 Å². The first-order valence-corrected chi connectivity index (χ1v) is 8.12. The smallest absolute Gasteiger partial charge is 0.259 e. The third-order valence-electron chi connectivity index (χ3n) is 3.32. The highest BCUT2D eigenvalue weighted by Crippen LogP contribution is 2.25. The number of ether oxygens (including phenoxy) is 1. The van der Waals surface area contributed by atoms with E-state index in [9.17, 15) is 4.79 Å². The van der Waals surface area contributed by atoms with Crippen molar-refractivity contribution in [3.63, 3.8) is 0 Å². The summed E-state index contributed by atoms with van der Waals surface area (Å²) in [6.45, 7) is 3.80. The van der Waals surface area contributed by atoms with Gasteiger partial charge in [-0.15, -0.1) is 0 Å². The molecule has 3 aromatic rings. The Labute approximate surface area is 150 Å². The lowest BCUT2D eigenvalue weighted by Gasteiger charge is -2.14. The summed E-state index contributed by atoms with van der Waals surface area (Å²) in [5.41, 5.74) is 0.948. The molecule has 6 nitrogen and oxygen atoms in total. The van der Waals surface area contributed by atoms with Crippen molar-refractivity contribution in [1.82, 2.24) is 14.5 Å². The zero-order valence-corrected chi connectivity index (χ0v) is 14.6. The van der Waals surface area contributed by atoms with Crippen molar-refractivity contribution in [2.75, 3.05) is 5.32 Å². The molecule has 25 heavy (non-hydrogen) atoms. The summed E-state index contributed by atoms with van der Waals surface area (Å²) in [4.78, 5) is 20.9. The molecule has 1 N–H and O–H groups in total. The van der Waals surface area contributed by atoms with Crippen LogP contribution in [0.5, 0.6) is 5.75 Å². The molecule has 0 spiro atoms. The second kappa shape index (κ2) is 7.36. The molecular weight excluding hydrogens is 340 g/mol. The second-order valence-electron chi connectivity index (χ2n) is 5.64. The van der Waals surface area contributed by atoms with Crippen LogP contribution in [0.4, 0.5) is 5.69 Å². The number of pyridine rings is 1. The van der Waals surface area contributed by atoms with Crippen LogP contribution in [0.3, 0.4) is 0 Å². The summed E-state index contributed by atoms with van der Waals surface area (Å²) in [5, 5.41) is 3.27. The van der Waals surface area contributed by atoms with Crippen LogP contribution < -0.4 is 10.1 Å². The van der Waals surface area contributed by atoms with Crippen LogP contribution in [-0.4, -0.2) is 26.5 Å². The van der Waals surface area contributed by atoms with Crippen LogP contribution in [0.25, 0.3) is 5.82 Å². The van der Waals surface area contributed by atoms with Gasteiger partial charge in [0.2, 0.25) is 0 Å². The van der Waals surface area contributed by atoms with E-state index < -0.39 is 0 Å². The standard InChI is InChI=1S/C18H17ClN4O2/c1-12(2)25-16-5-3-13(19)9-15(16)18(24)22-14-4-6-17(21-10-14)23-8-7-20-11-23/h3-12H,1-2H3,(H,22,24). The van der Waals surface area contributed by atoms with E-state index in [0.717, 1.165) is 0 Å². The summed E-state index contributed by atoms with van der Waals surface area (Å²) >= 11 is 6.02. The van der Waals surface area contributed by atoms with Crippen LogP contribution in [0, 0.1) is 0 Å². The molecule has 0 unspecified atom stereocenters. The van der Waals surface area contributed by atoms with Gasteiger partial charge in [-0.05, 0) is 44.2 Å². The van der Waals surface area contributed by atoms with E-state index in [2.05, 4.69) is 15.3 Å². The number of amides is 1. The Hall–Kier alpha value is -2.86. The van der Waals surface area contributed by atoms with Crippen LogP contribution in [-0.2, 0) is 0 Å². The minimum Gasteiger partial charge on any atom is -0.490 e. The maximum Gasteiger partial charge on any atom is 0.259 e. The lowest BCUT2D eigenvalue weighted by Crippen LogP contribution is -2.16. The zero-order valence-electron chi connectivity index (χ0n) is 13.8. The Bertz CT molecular complexity index is 861. The van der Waals surface area contributed by atoms with E-state index in [0.29, 0.717) is 27.8 Å². The SMILES string of the molecule is CC(C)Oc1ccc(Cl)cc1C(=O)Nc1ccc(-n2ccnc2)nc1. The van der Waals surface area contributed by atoms with Crippen LogP contribution in [0.15, 0.2) is 55.2 Å². The summed E-state index contributed by atoms with van der Waals surface area (Å²) in [6, 6.07) is 8.53. The molecule has 7 heteroatoms. The monoisotopic (exact) mass is 356 g/mol. The molecule has 0 fully saturated rings. The minimum atomic E-state index is -0.310. The molecule has 0 bridgehead atoms. The first-order chi connectivity index (χ1) is 12.0. The number of rotatable bonds is 5. The molecule has 1 aromatic carbocycles. The quantitative estimate of drug-likeness (QED) is 0.751. The number of anilines is 1. The van der Waals surface area contributed by atoms with E-state index in [1.54, 1.807) is 59.8 Å². The Balaban J connectivity index is 1.79. The van der Waals surface area contributed by atoms with Gasteiger partial charge in [-0.1, -0.05) is 11.6 Å². The predicted molar refractivity (Wildman–Crippen MR) is 96.5 cm³/mol. The van der Waals surface area contributed by atoms with Crippen molar-refractivity contribution in [2.24, 2.45) is 0 Å². The van der Waals surface area contributed by atoms with Gasteiger partial charge < -0.3 is 10.1 Å². The van der Waals surface area contributed by atoms with E-state index in [4.69, 9.17) is 16.3 Å². The molecule has 2 aromatic heterocycles. The second-order valence-corrected chi connectivity index (χ2v) is 6.07. The lowest BCUT2D eigenvalue weighted by molar-refractivity contribution is 0.102. The first kappa shape index (κ1) is 17.0. The van der Waals surface area contributed by atoms with Crippen molar-refractivity contribution >= 4 is 23.2 Å². The molecule has 0 atom stereocenters. The highest BCUT2D eigenvalue weighted by Gasteiger charge is 2.15. The number of nitrogens with zero attached hydrogens (tertiary/aromatic N) is 3. The molecule has 0 radical (unpaired) electrons. The van der Waals surface area contributed by atoms with Gasteiger partial charge in [0.25, 0.3) is 5.91 Å². The molecular formula is C18H17ClN4O2. The van der Waals surface area contributed by atoms with Gasteiger partial charge in [0.1, 0.15) is 17.9 Å². The normalized spacial score (nSPS) is 10.7. The number of hydrogen-bond donors (Lipinski definition) is 1. The van der Waals surface area contributed by atoms with Gasteiger partial charge in [-0.25, -0.2) is 9.97 Å². The summed E-state index contributed by atoms with van der Waals surface area (Å²) in [6.07, 6.45) is 6.65. The number of halogens is 1. The summed E-state index contributed by atoms with van der Waals surface area (Å²) < 4.78 is 7.46. The molecule has 3 rings (SSSR count). The van der Waals surface area contributed by atoms with Gasteiger partial charge in [0.15, 0.2) is 0 Å². The Morgan fingerprint density at radius 1 is 1.28 bits per heavy atom. The lowest BCUT2D eigenvalue weighted by atomic mass is 10.2. The number of carbonyl (C=O) groups is 1. The van der Waals surface area contributed by atoms with Gasteiger partial charge in [0.05, 0.1) is 23.6 Å². The maximum absolute atomic E-state index is 12.6. The number of benzene rings is 1. The largest absolute Gasteiger partial charge is 0.490 e. The highest BCUT2D eigenvalue weighted by atomic mass is 35.5. The van der Waals surface area contributed by atoms with E-state index in [-0.39, 0.29) is 12.0 Å². The maximum atomic E-state index is 12.6. The molecule has 0 aliphatic carbocycles. The number of carbonyl (C=O) groups excluding carboxylic acids is 1. The topological polar surface area (TPSA) is 69.0 Å². The molecule has 128 valence electrons. The predicted octanol–water partition coefficient (Wildman–Crippen LogP) is 3.96. The van der Waals surface area contributed by atoms with Gasteiger partial charge >= 0.3 is 0 Å². The van der Waals surface area contributed by atoms with Crippen LogP contribution >= 0.6 is 11.6 Å². The van der Waals surface area contributed by atoms with Crippen LogP contribution in [0.2, 0.25) is 5.02 Å². The Kier molecular flexibility index (Phi) is 5.00. The molecule has 0 saturated carbocycles. The molecule has 2 heterocycles. The van der Waals surface area contributed by atoms with Gasteiger partial charge in [-0.2, -0.15) is 0 Å². The number of aromatic nitrogens is 3. The van der Waals surface area contributed by atoms with E-state index in [1.165, 1.54) is 0 Å². The Morgan fingerprint density at radius 2 is 2.12 bits per heavy atom. The third-order valence-corrected chi connectivity index (χ3v) is 3.56. The third kappa shape index (κ3) is 4.16. The van der Waals surface area contributed by atoms with E-state index >= 15 is 0 Å². The van der Waals surface area contributed by atoms with Gasteiger partial charge in [-0.3, -0.25) is 9.36 Å². The number of imidazole rings is 1. The average molecular weight is 357 g/mol. The molecule has 1 amide bonds. The Morgan fingerprint density at radius 3 is 2.76 bits per heavy atom. The zero-order chi connectivity index (χ0) is 17.8. The van der Waals surface area contributed by atoms with Crippen molar-refractivity contribution in [2.45, 2.75) is 20.0 Å². The summed E-state index contributed by atoms with van der Waals surface area (Å²) in [7, 11) is 0. The fraction of sp³-hybridized carbons (Fsp3) is 0.167. The van der Waals surface area contributed by atoms with E-state index in [1.807, 2.05) is 13.8 Å². The first-order valence-electron chi connectivity index (χ1n) is 7.75. The number of nitrogens with one attached hydrogen (secondary N) is 1. The fourth-order valence-electron chi connectivity index (χ4n) is 2.24. The highest BCUT2D eigenvalue weighted by molar-refractivity contribution is 6.31. The summed E-state index contributed by atoms with van der Waals surface area (Å²) in [5.74, 6) is 0.886. The average Bonchev–Trinajstić information content (AvgIpc) is 3.11. The fourth-order valence-corrected chi connectivity index (χ4v) is 2.41. The van der Waals surface area contributed by atoms with Crippen molar-refractivity contribution in [3.05, 3.63) is 65.8 Å². The van der Waals surface area contributed by atoms with Gasteiger partial charge in [0, 0.05) is 17.4 Å². The van der Waals surface area contributed by atoms with Crippen molar-refractivity contribution < 1.29 is 9.53 Å². The molecule has 0 aliphatic rings. The van der Waals surface area contributed by atoms with Crippen molar-refractivity contribution in [3.8, 4) is 11.6 Å². The number of hydrogen-bond acceptors (Lipinski definition) is 4. The molecule has 0 saturated heterocycles. The minimum absolute atomic E-state index is 0.0520. The van der Waals surface area contributed by atoms with Crippen molar-refractivity contribution in [1.29, 1.82) is 0 Å². The molecule has 0 aliphatic heterocycles.